The van der Waals surface area contributed by atoms with E-state index in [1.165, 1.54) is 22.5 Å². The lowest BCUT2D eigenvalue weighted by Crippen LogP contribution is -2.40. The largest absolute Gasteiger partial charge is 0.335 e. The van der Waals surface area contributed by atoms with Gasteiger partial charge in [-0.2, -0.15) is 0 Å². The zero-order valence-electron chi connectivity index (χ0n) is 13.9. The van der Waals surface area contributed by atoms with Crippen molar-refractivity contribution in [1.29, 1.82) is 0 Å². The van der Waals surface area contributed by atoms with Crippen LogP contribution >= 0.6 is 0 Å². The number of anilines is 2. The Labute approximate surface area is 146 Å². The Morgan fingerprint density at radius 3 is 2.44 bits per heavy atom. The second-order valence-electron chi connectivity index (χ2n) is 7.20. The highest BCUT2D eigenvalue weighted by molar-refractivity contribution is 7.93. The van der Waals surface area contributed by atoms with Crippen molar-refractivity contribution in [3.63, 3.8) is 0 Å². The average molecular weight is 367 g/mol. The number of carbonyl (C=O) groups is 1. The summed E-state index contributed by atoms with van der Waals surface area (Å²) in [6, 6.07) is 3.76. The Hall–Kier alpha value is -1.83. The van der Waals surface area contributed by atoms with Crippen LogP contribution in [0.5, 0.6) is 0 Å². The minimum absolute atomic E-state index is 0.00226. The maximum absolute atomic E-state index is 14.1. The van der Waals surface area contributed by atoms with Crippen molar-refractivity contribution in [2.24, 2.45) is 11.8 Å². The minimum atomic E-state index is -3.34. The topological polar surface area (TPSA) is 78.5 Å². The van der Waals surface area contributed by atoms with Crippen LogP contribution in [0.15, 0.2) is 18.2 Å². The molecule has 0 unspecified atom stereocenters. The number of sulfonamides is 1. The van der Waals surface area contributed by atoms with Crippen molar-refractivity contribution in [1.82, 2.24) is 5.32 Å². The summed E-state index contributed by atoms with van der Waals surface area (Å²) in [4.78, 5) is 12.3. The number of nitrogens with one attached hydrogen (secondary N) is 2. The van der Waals surface area contributed by atoms with Crippen LogP contribution in [0, 0.1) is 17.7 Å². The molecule has 2 saturated carbocycles. The SMILES string of the molecule is O=C(Nc1cc(N2CCCS2(=O)=O)ccc1F)NC(C1CC1)C1CC1. The number of rotatable bonds is 5. The molecule has 2 amide bonds. The summed E-state index contributed by atoms with van der Waals surface area (Å²) >= 11 is 0. The summed E-state index contributed by atoms with van der Waals surface area (Å²) in [5.74, 6) is 0.608. The van der Waals surface area contributed by atoms with E-state index < -0.39 is 21.9 Å². The van der Waals surface area contributed by atoms with E-state index in [2.05, 4.69) is 10.6 Å². The van der Waals surface area contributed by atoms with Gasteiger partial charge in [0.15, 0.2) is 0 Å². The lowest BCUT2D eigenvalue weighted by molar-refractivity contribution is 0.244. The smallest absolute Gasteiger partial charge is 0.319 e. The fourth-order valence-electron chi connectivity index (χ4n) is 3.53. The monoisotopic (exact) mass is 367 g/mol. The first kappa shape index (κ1) is 16.6. The molecule has 8 heteroatoms. The molecule has 0 radical (unpaired) electrons. The van der Waals surface area contributed by atoms with Gasteiger partial charge in [0.2, 0.25) is 10.0 Å². The van der Waals surface area contributed by atoms with Crippen molar-refractivity contribution in [2.45, 2.75) is 38.1 Å². The van der Waals surface area contributed by atoms with Gasteiger partial charge in [0.1, 0.15) is 5.82 Å². The summed E-state index contributed by atoms with van der Waals surface area (Å²) in [7, 11) is -3.34. The molecule has 0 aromatic heterocycles. The highest BCUT2D eigenvalue weighted by Crippen LogP contribution is 2.44. The van der Waals surface area contributed by atoms with Gasteiger partial charge in [0.05, 0.1) is 17.1 Å². The quantitative estimate of drug-likeness (QED) is 0.840. The zero-order chi connectivity index (χ0) is 17.6. The Balaban J connectivity index is 1.48. The zero-order valence-corrected chi connectivity index (χ0v) is 14.7. The standard InChI is InChI=1S/C17H22FN3O3S/c18-14-7-6-13(21-8-1-9-25(21,23)24)10-15(14)19-17(22)20-16(11-2-3-11)12-4-5-12/h6-7,10-12,16H,1-5,8-9H2,(H2,19,20,22). The Kier molecular flexibility index (Phi) is 4.10. The van der Waals surface area contributed by atoms with Crippen LogP contribution in [-0.2, 0) is 10.0 Å². The molecule has 0 spiro atoms. The predicted molar refractivity (Wildman–Crippen MR) is 93.5 cm³/mol. The Bertz CT molecular complexity index is 778. The molecular formula is C17H22FN3O3S. The summed E-state index contributed by atoms with van der Waals surface area (Å²) in [5.41, 5.74) is 0.387. The van der Waals surface area contributed by atoms with E-state index in [1.54, 1.807) is 0 Å². The van der Waals surface area contributed by atoms with Gasteiger partial charge in [-0.05, 0) is 62.1 Å². The molecule has 6 nitrogen and oxygen atoms in total. The fourth-order valence-corrected chi connectivity index (χ4v) is 5.09. The molecule has 25 heavy (non-hydrogen) atoms. The highest BCUT2D eigenvalue weighted by Gasteiger charge is 2.42. The van der Waals surface area contributed by atoms with Gasteiger partial charge in [0, 0.05) is 12.6 Å². The van der Waals surface area contributed by atoms with Crippen LogP contribution < -0.4 is 14.9 Å². The van der Waals surface area contributed by atoms with Crippen LogP contribution in [-0.4, -0.2) is 32.8 Å². The van der Waals surface area contributed by atoms with Gasteiger partial charge in [-0.3, -0.25) is 4.31 Å². The second-order valence-corrected chi connectivity index (χ2v) is 9.22. The van der Waals surface area contributed by atoms with Gasteiger partial charge in [-0.1, -0.05) is 0 Å². The maximum atomic E-state index is 14.1. The number of amides is 2. The average Bonchev–Trinajstić information content (AvgIpc) is 3.45. The molecule has 2 aliphatic carbocycles. The van der Waals surface area contributed by atoms with Crippen molar-refractivity contribution in [3.8, 4) is 0 Å². The van der Waals surface area contributed by atoms with E-state index in [0.717, 1.165) is 25.7 Å². The Morgan fingerprint density at radius 2 is 1.88 bits per heavy atom. The third-order valence-electron chi connectivity index (χ3n) is 5.14. The van der Waals surface area contributed by atoms with Crippen LogP contribution in [0.25, 0.3) is 0 Å². The molecule has 1 aromatic rings. The molecule has 0 bridgehead atoms. The van der Waals surface area contributed by atoms with Crippen LogP contribution in [0.4, 0.5) is 20.6 Å². The normalized spacial score (nSPS) is 22.2. The minimum Gasteiger partial charge on any atom is -0.335 e. The molecule has 0 atom stereocenters. The summed E-state index contributed by atoms with van der Waals surface area (Å²) < 4.78 is 39.4. The van der Waals surface area contributed by atoms with E-state index >= 15 is 0 Å². The molecule has 136 valence electrons. The summed E-state index contributed by atoms with van der Waals surface area (Å²) in [6.45, 7) is 0.380. The highest BCUT2D eigenvalue weighted by atomic mass is 32.2. The van der Waals surface area contributed by atoms with Crippen molar-refractivity contribution < 1.29 is 17.6 Å². The molecule has 2 N–H and O–H groups in total. The third kappa shape index (κ3) is 3.58. The molecule has 1 saturated heterocycles. The number of nitrogens with zero attached hydrogens (tertiary/aromatic N) is 1. The fraction of sp³-hybridized carbons (Fsp3) is 0.588. The summed E-state index contributed by atoms with van der Waals surface area (Å²) in [6.07, 6.45) is 5.10. The van der Waals surface area contributed by atoms with E-state index in [4.69, 9.17) is 0 Å². The number of carbonyl (C=O) groups excluding carboxylic acids is 1. The summed E-state index contributed by atoms with van der Waals surface area (Å²) in [5, 5.41) is 5.52. The predicted octanol–water partition coefficient (Wildman–Crippen LogP) is 2.68. The lowest BCUT2D eigenvalue weighted by Gasteiger charge is -2.20. The molecule has 1 heterocycles. The van der Waals surface area contributed by atoms with Crippen LogP contribution in [0.2, 0.25) is 0 Å². The lowest BCUT2D eigenvalue weighted by atomic mass is 10.1. The number of hydrogen-bond donors (Lipinski definition) is 2. The number of benzene rings is 1. The van der Waals surface area contributed by atoms with Crippen LogP contribution in [0.1, 0.15) is 32.1 Å². The first-order valence-electron chi connectivity index (χ1n) is 8.81. The maximum Gasteiger partial charge on any atom is 0.319 e. The van der Waals surface area contributed by atoms with Crippen molar-refractivity contribution in [2.75, 3.05) is 21.9 Å². The van der Waals surface area contributed by atoms with E-state index in [0.29, 0.717) is 30.5 Å². The van der Waals surface area contributed by atoms with Crippen LogP contribution in [0.3, 0.4) is 0 Å². The van der Waals surface area contributed by atoms with E-state index in [-0.39, 0.29) is 17.5 Å². The van der Waals surface area contributed by atoms with E-state index in [1.807, 2.05) is 0 Å². The van der Waals surface area contributed by atoms with Gasteiger partial charge in [0.25, 0.3) is 0 Å². The third-order valence-corrected chi connectivity index (χ3v) is 7.01. The van der Waals surface area contributed by atoms with Gasteiger partial charge in [-0.25, -0.2) is 17.6 Å². The number of hydrogen-bond acceptors (Lipinski definition) is 3. The Morgan fingerprint density at radius 1 is 1.20 bits per heavy atom. The first-order chi connectivity index (χ1) is 11.9. The second kappa shape index (κ2) is 6.16. The molecule has 4 rings (SSSR count). The van der Waals surface area contributed by atoms with Gasteiger partial charge in [-0.15, -0.1) is 0 Å². The first-order valence-corrected chi connectivity index (χ1v) is 10.4. The molecule has 1 aliphatic heterocycles. The molecule has 1 aromatic carbocycles. The molecular weight excluding hydrogens is 345 g/mol. The van der Waals surface area contributed by atoms with Crippen molar-refractivity contribution in [3.05, 3.63) is 24.0 Å². The van der Waals surface area contributed by atoms with E-state index in [9.17, 15) is 17.6 Å². The number of urea groups is 1. The van der Waals surface area contributed by atoms with Gasteiger partial charge >= 0.3 is 6.03 Å². The van der Waals surface area contributed by atoms with Gasteiger partial charge < -0.3 is 10.6 Å². The number of halogens is 1. The molecule has 3 aliphatic rings. The van der Waals surface area contributed by atoms with Crippen molar-refractivity contribution >= 4 is 27.4 Å². The molecule has 3 fully saturated rings.